The maximum Gasteiger partial charge on any atom is 0.305 e. The monoisotopic (exact) mass is 268 g/mol. The molecule has 0 aliphatic carbocycles. The normalized spacial score (nSPS) is 11.5. The van der Waals surface area contributed by atoms with Crippen LogP contribution in [0.3, 0.4) is 0 Å². The Bertz CT molecular complexity index is 358. The van der Waals surface area contributed by atoms with Crippen molar-refractivity contribution < 1.29 is 13.9 Å². The van der Waals surface area contributed by atoms with Gasteiger partial charge in [-0.2, -0.15) is 0 Å². The number of hydrogen-bond donors (Lipinski definition) is 0. The van der Waals surface area contributed by atoms with Crippen molar-refractivity contribution in [3.63, 3.8) is 0 Å². The predicted molar refractivity (Wildman–Crippen MR) is 76.4 cm³/mol. The van der Waals surface area contributed by atoms with Gasteiger partial charge in [0.1, 0.15) is 5.82 Å². The van der Waals surface area contributed by atoms with Crippen molar-refractivity contribution in [3.05, 3.63) is 35.6 Å². The van der Waals surface area contributed by atoms with Gasteiger partial charge in [0.15, 0.2) is 0 Å². The summed E-state index contributed by atoms with van der Waals surface area (Å²) in [5.41, 5.74) is 0.963. The molecule has 108 valence electrons. The third kappa shape index (κ3) is 10.2. The molecular weight excluding hydrogens is 243 g/mol. The number of esters is 1. The van der Waals surface area contributed by atoms with Crippen LogP contribution in [-0.2, 0) is 9.53 Å². The zero-order chi connectivity index (χ0) is 14.8. The fraction of sp³-hybridized carbons (Fsp3) is 0.562. The average molecular weight is 268 g/mol. The summed E-state index contributed by atoms with van der Waals surface area (Å²) >= 11 is 0. The summed E-state index contributed by atoms with van der Waals surface area (Å²) in [5.74, 6) is 0.331. The molecular formula is C16H25FO2. The fourth-order valence-electron chi connectivity index (χ4n) is 1.63. The highest BCUT2D eigenvalue weighted by Crippen LogP contribution is 2.07. The molecule has 1 atom stereocenters. The van der Waals surface area contributed by atoms with E-state index < -0.39 is 0 Å². The highest BCUT2D eigenvalue weighted by atomic mass is 19.1. The van der Waals surface area contributed by atoms with E-state index in [2.05, 4.69) is 13.8 Å². The van der Waals surface area contributed by atoms with E-state index in [4.69, 9.17) is 4.74 Å². The molecule has 1 aromatic carbocycles. The van der Waals surface area contributed by atoms with Crippen molar-refractivity contribution >= 4 is 5.97 Å². The molecule has 0 saturated heterocycles. The van der Waals surface area contributed by atoms with Gasteiger partial charge in [0, 0.05) is 6.42 Å². The molecule has 1 rings (SSSR count). The van der Waals surface area contributed by atoms with Crippen molar-refractivity contribution in [2.75, 3.05) is 0 Å². The first kappa shape index (κ1) is 17.6. The SMILES string of the molecule is CCC(=O)OC(C)CC(C)C.Cc1cccc(F)c1. The van der Waals surface area contributed by atoms with Crippen LogP contribution in [0.4, 0.5) is 4.39 Å². The Morgan fingerprint density at radius 3 is 2.32 bits per heavy atom. The van der Waals surface area contributed by atoms with Crippen LogP contribution in [0, 0.1) is 18.7 Å². The molecule has 0 heterocycles. The van der Waals surface area contributed by atoms with Crippen LogP contribution in [0.5, 0.6) is 0 Å². The molecule has 1 aromatic rings. The average Bonchev–Trinajstić information content (AvgIpc) is 2.28. The Balaban J connectivity index is 0.000000356. The molecule has 3 heteroatoms. The Morgan fingerprint density at radius 1 is 1.32 bits per heavy atom. The van der Waals surface area contributed by atoms with Gasteiger partial charge in [-0.15, -0.1) is 0 Å². The van der Waals surface area contributed by atoms with Gasteiger partial charge in [-0.05, 0) is 43.9 Å². The molecule has 0 aliphatic heterocycles. The Hall–Kier alpha value is -1.38. The van der Waals surface area contributed by atoms with Gasteiger partial charge in [0.25, 0.3) is 0 Å². The number of ether oxygens (including phenoxy) is 1. The first-order valence-electron chi connectivity index (χ1n) is 6.76. The summed E-state index contributed by atoms with van der Waals surface area (Å²) in [6.45, 7) is 9.85. The lowest BCUT2D eigenvalue weighted by Gasteiger charge is -2.14. The van der Waals surface area contributed by atoms with Crippen molar-refractivity contribution in [1.82, 2.24) is 0 Å². The van der Waals surface area contributed by atoms with E-state index in [1.165, 1.54) is 12.1 Å². The Kier molecular flexibility index (Phi) is 8.84. The second-order valence-corrected chi connectivity index (χ2v) is 5.08. The maximum atomic E-state index is 12.2. The van der Waals surface area contributed by atoms with Crippen LogP contribution in [-0.4, -0.2) is 12.1 Å². The molecule has 0 aromatic heterocycles. The van der Waals surface area contributed by atoms with Crippen LogP contribution < -0.4 is 0 Å². The second kappa shape index (κ2) is 9.54. The zero-order valence-corrected chi connectivity index (χ0v) is 12.6. The van der Waals surface area contributed by atoms with Crippen molar-refractivity contribution in [2.24, 2.45) is 5.92 Å². The molecule has 0 saturated carbocycles. The Morgan fingerprint density at radius 2 is 1.95 bits per heavy atom. The molecule has 1 unspecified atom stereocenters. The molecule has 0 spiro atoms. The number of carbonyl (C=O) groups is 1. The highest BCUT2D eigenvalue weighted by Gasteiger charge is 2.08. The summed E-state index contributed by atoms with van der Waals surface area (Å²) in [7, 11) is 0. The molecule has 0 fully saturated rings. The lowest BCUT2D eigenvalue weighted by molar-refractivity contribution is -0.148. The molecule has 19 heavy (non-hydrogen) atoms. The topological polar surface area (TPSA) is 26.3 Å². The van der Waals surface area contributed by atoms with Crippen molar-refractivity contribution in [3.8, 4) is 0 Å². The number of carbonyl (C=O) groups excluding carboxylic acids is 1. The quantitative estimate of drug-likeness (QED) is 0.751. The fourth-order valence-corrected chi connectivity index (χ4v) is 1.63. The van der Waals surface area contributed by atoms with Crippen LogP contribution in [0.1, 0.15) is 46.1 Å². The number of benzene rings is 1. The minimum absolute atomic E-state index is 0.0717. The molecule has 0 amide bonds. The van der Waals surface area contributed by atoms with E-state index in [1.807, 2.05) is 26.8 Å². The molecule has 0 N–H and O–H groups in total. The van der Waals surface area contributed by atoms with Crippen LogP contribution in [0.15, 0.2) is 24.3 Å². The van der Waals surface area contributed by atoms with E-state index >= 15 is 0 Å². The van der Waals surface area contributed by atoms with Crippen LogP contribution >= 0.6 is 0 Å². The lowest BCUT2D eigenvalue weighted by atomic mass is 10.1. The van der Waals surface area contributed by atoms with E-state index in [1.54, 1.807) is 6.07 Å². The Labute approximate surface area is 116 Å². The van der Waals surface area contributed by atoms with E-state index in [0.717, 1.165) is 12.0 Å². The molecule has 2 nitrogen and oxygen atoms in total. The smallest absolute Gasteiger partial charge is 0.305 e. The lowest BCUT2D eigenvalue weighted by Crippen LogP contribution is -2.15. The minimum atomic E-state index is -0.162. The predicted octanol–water partition coefficient (Wildman–Crippen LogP) is 4.51. The van der Waals surface area contributed by atoms with Crippen LogP contribution in [0.25, 0.3) is 0 Å². The third-order valence-electron chi connectivity index (χ3n) is 2.40. The number of aryl methyl sites for hydroxylation is 1. The van der Waals surface area contributed by atoms with Gasteiger partial charge < -0.3 is 4.74 Å². The van der Waals surface area contributed by atoms with E-state index in [-0.39, 0.29) is 17.9 Å². The first-order chi connectivity index (χ1) is 8.85. The van der Waals surface area contributed by atoms with Gasteiger partial charge in [-0.3, -0.25) is 4.79 Å². The summed E-state index contributed by atoms with van der Waals surface area (Å²) in [5, 5.41) is 0. The summed E-state index contributed by atoms with van der Waals surface area (Å²) in [6, 6.07) is 6.50. The van der Waals surface area contributed by atoms with Gasteiger partial charge in [-0.1, -0.05) is 32.9 Å². The van der Waals surface area contributed by atoms with Crippen LogP contribution in [0.2, 0.25) is 0 Å². The second-order valence-electron chi connectivity index (χ2n) is 5.08. The van der Waals surface area contributed by atoms with Gasteiger partial charge in [-0.25, -0.2) is 4.39 Å². The summed E-state index contributed by atoms with van der Waals surface area (Å²) in [4.78, 5) is 10.8. The zero-order valence-electron chi connectivity index (χ0n) is 12.6. The molecule has 0 radical (unpaired) electrons. The minimum Gasteiger partial charge on any atom is -0.463 e. The van der Waals surface area contributed by atoms with Gasteiger partial charge in [0.2, 0.25) is 0 Å². The standard InChI is InChI=1S/C9H18O2.C7H7F/c1-5-9(10)11-8(4)6-7(2)3;1-6-3-2-4-7(8)5-6/h7-8H,5-6H2,1-4H3;2-5H,1H3. The first-order valence-corrected chi connectivity index (χ1v) is 6.76. The highest BCUT2D eigenvalue weighted by molar-refractivity contribution is 5.69. The maximum absolute atomic E-state index is 12.2. The van der Waals surface area contributed by atoms with E-state index in [0.29, 0.717) is 12.3 Å². The summed E-state index contributed by atoms with van der Waals surface area (Å²) < 4.78 is 17.2. The van der Waals surface area contributed by atoms with Crippen molar-refractivity contribution in [1.29, 1.82) is 0 Å². The molecule has 0 aliphatic rings. The van der Waals surface area contributed by atoms with E-state index in [9.17, 15) is 9.18 Å². The van der Waals surface area contributed by atoms with Crippen molar-refractivity contribution in [2.45, 2.75) is 53.6 Å². The van der Waals surface area contributed by atoms with Gasteiger partial charge >= 0.3 is 5.97 Å². The van der Waals surface area contributed by atoms with Gasteiger partial charge in [0.05, 0.1) is 6.10 Å². The summed E-state index contributed by atoms with van der Waals surface area (Å²) in [6.07, 6.45) is 1.50. The number of rotatable bonds is 4. The largest absolute Gasteiger partial charge is 0.463 e. The number of hydrogen-bond acceptors (Lipinski definition) is 2. The molecule has 0 bridgehead atoms. The third-order valence-corrected chi connectivity index (χ3v) is 2.40. The number of halogens is 1.